The molecule has 0 aromatic heterocycles. The second-order valence-corrected chi connectivity index (χ2v) is 6.12. The van der Waals surface area contributed by atoms with E-state index >= 15 is 0 Å². The Bertz CT molecular complexity index is 453. The number of nitrogens with zero attached hydrogens (tertiary/aromatic N) is 1. The van der Waals surface area contributed by atoms with Gasteiger partial charge in [-0.15, -0.1) is 0 Å². The summed E-state index contributed by atoms with van der Waals surface area (Å²) in [5, 5.41) is 3.35. The highest BCUT2D eigenvalue weighted by Crippen LogP contribution is 2.34. The molecule has 0 bridgehead atoms. The second kappa shape index (κ2) is 5.96. The Morgan fingerprint density at radius 3 is 2.75 bits per heavy atom. The smallest absolute Gasteiger partial charge is 0.227 e. The molecule has 3 heteroatoms. The summed E-state index contributed by atoms with van der Waals surface area (Å²) in [6.07, 6.45) is 3.27. The van der Waals surface area contributed by atoms with Gasteiger partial charge in [0.25, 0.3) is 0 Å². The maximum absolute atomic E-state index is 12.7. The first-order valence-electron chi connectivity index (χ1n) is 7.83. The average Bonchev–Trinajstić information content (AvgIpc) is 2.90. The van der Waals surface area contributed by atoms with Gasteiger partial charge in [0.15, 0.2) is 0 Å². The van der Waals surface area contributed by atoms with Crippen LogP contribution in [-0.4, -0.2) is 36.5 Å². The fourth-order valence-electron chi connectivity index (χ4n) is 3.69. The monoisotopic (exact) mass is 272 g/mol. The van der Waals surface area contributed by atoms with E-state index in [1.807, 2.05) is 0 Å². The minimum Gasteiger partial charge on any atom is -0.339 e. The molecule has 0 spiro atoms. The van der Waals surface area contributed by atoms with Crippen LogP contribution >= 0.6 is 0 Å². The van der Waals surface area contributed by atoms with E-state index in [0.717, 1.165) is 38.9 Å². The van der Waals surface area contributed by atoms with Gasteiger partial charge in [-0.3, -0.25) is 4.79 Å². The van der Waals surface area contributed by atoms with Crippen LogP contribution in [0.15, 0.2) is 30.3 Å². The lowest BCUT2D eigenvalue weighted by atomic mass is 9.92. The maximum Gasteiger partial charge on any atom is 0.227 e. The highest BCUT2D eigenvalue weighted by Gasteiger charge is 2.37. The number of carbonyl (C=O) groups is 1. The fraction of sp³-hybridized carbons (Fsp3) is 0.588. The summed E-state index contributed by atoms with van der Waals surface area (Å²) in [6, 6.07) is 11.0. The van der Waals surface area contributed by atoms with E-state index in [1.54, 1.807) is 0 Å². The molecule has 20 heavy (non-hydrogen) atoms. The lowest BCUT2D eigenvalue weighted by molar-refractivity contribution is -0.136. The first kappa shape index (κ1) is 13.6. The van der Waals surface area contributed by atoms with Crippen LogP contribution in [0.5, 0.6) is 0 Å². The zero-order valence-corrected chi connectivity index (χ0v) is 12.2. The summed E-state index contributed by atoms with van der Waals surface area (Å²) in [5.41, 5.74) is 1.37. The van der Waals surface area contributed by atoms with Crippen LogP contribution in [0.2, 0.25) is 0 Å². The van der Waals surface area contributed by atoms with Gasteiger partial charge in [-0.2, -0.15) is 0 Å². The van der Waals surface area contributed by atoms with E-state index in [9.17, 15) is 4.79 Å². The van der Waals surface area contributed by atoms with E-state index in [1.165, 1.54) is 5.56 Å². The average molecular weight is 272 g/mol. The molecule has 2 heterocycles. The number of carbonyl (C=O) groups excluding carboxylic acids is 1. The number of hydrogen-bond acceptors (Lipinski definition) is 2. The highest BCUT2D eigenvalue weighted by atomic mass is 16.2. The Morgan fingerprint density at radius 2 is 2.05 bits per heavy atom. The van der Waals surface area contributed by atoms with E-state index in [0.29, 0.717) is 17.9 Å². The summed E-state index contributed by atoms with van der Waals surface area (Å²) in [7, 11) is 0. The SMILES string of the molecule is CC1C(c2ccccc2)CCN1C(=O)C1CCCNC1. The molecule has 3 atom stereocenters. The van der Waals surface area contributed by atoms with Gasteiger partial charge in [0.05, 0.1) is 5.92 Å². The van der Waals surface area contributed by atoms with Crippen molar-refractivity contribution in [1.82, 2.24) is 10.2 Å². The number of nitrogens with one attached hydrogen (secondary N) is 1. The molecule has 0 radical (unpaired) electrons. The largest absolute Gasteiger partial charge is 0.339 e. The molecule has 3 rings (SSSR count). The van der Waals surface area contributed by atoms with Crippen LogP contribution in [0.1, 0.15) is 37.7 Å². The van der Waals surface area contributed by atoms with Gasteiger partial charge in [0, 0.05) is 25.0 Å². The zero-order chi connectivity index (χ0) is 13.9. The molecule has 3 nitrogen and oxygen atoms in total. The predicted molar refractivity (Wildman–Crippen MR) is 80.6 cm³/mol. The molecule has 2 saturated heterocycles. The summed E-state index contributed by atoms with van der Waals surface area (Å²) in [6.45, 7) is 5.04. The summed E-state index contributed by atoms with van der Waals surface area (Å²) >= 11 is 0. The van der Waals surface area contributed by atoms with E-state index in [-0.39, 0.29) is 5.92 Å². The molecule has 3 unspecified atom stereocenters. The van der Waals surface area contributed by atoms with E-state index < -0.39 is 0 Å². The molecule has 1 amide bonds. The third kappa shape index (κ3) is 2.59. The number of rotatable bonds is 2. The standard InChI is InChI=1S/C17H24N2O/c1-13-16(14-6-3-2-4-7-14)9-11-19(13)17(20)15-8-5-10-18-12-15/h2-4,6-7,13,15-16,18H,5,8-12H2,1H3. The molecule has 1 N–H and O–H groups in total. The second-order valence-electron chi connectivity index (χ2n) is 6.12. The Morgan fingerprint density at radius 1 is 1.25 bits per heavy atom. The molecule has 1 aromatic rings. The van der Waals surface area contributed by atoms with Crippen LogP contribution in [0.3, 0.4) is 0 Å². The van der Waals surface area contributed by atoms with Crippen molar-refractivity contribution in [3.8, 4) is 0 Å². The van der Waals surface area contributed by atoms with Crippen molar-refractivity contribution in [3.05, 3.63) is 35.9 Å². The molecular formula is C17H24N2O. The quantitative estimate of drug-likeness (QED) is 0.896. The number of benzene rings is 1. The number of piperidine rings is 1. The number of hydrogen-bond donors (Lipinski definition) is 1. The lowest BCUT2D eigenvalue weighted by Gasteiger charge is -2.31. The van der Waals surface area contributed by atoms with Gasteiger partial charge in [0.1, 0.15) is 0 Å². The Balaban J connectivity index is 1.69. The van der Waals surface area contributed by atoms with Crippen LogP contribution in [0, 0.1) is 5.92 Å². The predicted octanol–water partition coefficient (Wildman–Crippen LogP) is 2.39. The van der Waals surface area contributed by atoms with Gasteiger partial charge in [-0.25, -0.2) is 0 Å². The molecule has 108 valence electrons. The van der Waals surface area contributed by atoms with Crippen LogP contribution in [-0.2, 0) is 4.79 Å². The zero-order valence-electron chi connectivity index (χ0n) is 12.2. The van der Waals surface area contributed by atoms with Crippen molar-refractivity contribution in [3.63, 3.8) is 0 Å². The van der Waals surface area contributed by atoms with Gasteiger partial charge in [0.2, 0.25) is 5.91 Å². The molecule has 0 aliphatic carbocycles. The van der Waals surface area contributed by atoms with Crippen molar-refractivity contribution in [2.24, 2.45) is 5.92 Å². The van der Waals surface area contributed by atoms with Gasteiger partial charge in [-0.05, 0) is 38.3 Å². The van der Waals surface area contributed by atoms with E-state index in [4.69, 9.17) is 0 Å². The van der Waals surface area contributed by atoms with Gasteiger partial charge in [-0.1, -0.05) is 30.3 Å². The first-order chi connectivity index (χ1) is 9.77. The van der Waals surface area contributed by atoms with Crippen molar-refractivity contribution >= 4 is 5.91 Å². The van der Waals surface area contributed by atoms with Crippen LogP contribution < -0.4 is 5.32 Å². The fourth-order valence-corrected chi connectivity index (χ4v) is 3.69. The topological polar surface area (TPSA) is 32.3 Å². The van der Waals surface area contributed by atoms with Crippen molar-refractivity contribution < 1.29 is 4.79 Å². The number of likely N-dealkylation sites (tertiary alicyclic amines) is 1. The molecular weight excluding hydrogens is 248 g/mol. The molecule has 0 saturated carbocycles. The molecule has 2 aliphatic rings. The molecule has 2 aliphatic heterocycles. The van der Waals surface area contributed by atoms with Crippen molar-refractivity contribution in [2.75, 3.05) is 19.6 Å². The first-order valence-corrected chi connectivity index (χ1v) is 7.83. The van der Waals surface area contributed by atoms with Crippen molar-refractivity contribution in [2.45, 2.75) is 38.1 Å². The van der Waals surface area contributed by atoms with Crippen molar-refractivity contribution in [1.29, 1.82) is 0 Å². The Kier molecular flexibility index (Phi) is 4.06. The molecule has 2 fully saturated rings. The van der Waals surface area contributed by atoms with E-state index in [2.05, 4.69) is 47.5 Å². The molecule has 1 aromatic carbocycles. The third-order valence-electron chi connectivity index (χ3n) is 4.91. The minimum absolute atomic E-state index is 0.195. The van der Waals surface area contributed by atoms with Gasteiger partial charge >= 0.3 is 0 Å². The Hall–Kier alpha value is -1.35. The third-order valence-corrected chi connectivity index (χ3v) is 4.91. The summed E-state index contributed by atoms with van der Waals surface area (Å²) < 4.78 is 0. The summed E-state index contributed by atoms with van der Waals surface area (Å²) in [5.74, 6) is 1.06. The maximum atomic E-state index is 12.7. The van der Waals surface area contributed by atoms with Crippen LogP contribution in [0.4, 0.5) is 0 Å². The number of amides is 1. The highest BCUT2D eigenvalue weighted by molar-refractivity contribution is 5.80. The summed E-state index contributed by atoms with van der Waals surface area (Å²) in [4.78, 5) is 14.8. The Labute approximate surface area is 121 Å². The lowest BCUT2D eigenvalue weighted by Crippen LogP contribution is -2.44. The van der Waals surface area contributed by atoms with Crippen LogP contribution in [0.25, 0.3) is 0 Å². The normalized spacial score (nSPS) is 30.4. The minimum atomic E-state index is 0.195. The van der Waals surface area contributed by atoms with Gasteiger partial charge < -0.3 is 10.2 Å².